The molecule has 0 radical (unpaired) electrons. The summed E-state index contributed by atoms with van der Waals surface area (Å²) in [5.41, 5.74) is 0.461. The molecule has 0 spiro atoms. The molecule has 0 saturated carbocycles. The van der Waals surface area contributed by atoms with Gasteiger partial charge in [0.15, 0.2) is 11.5 Å². The second-order valence-electron chi connectivity index (χ2n) is 4.46. The lowest BCUT2D eigenvalue weighted by Crippen LogP contribution is -2.21. The van der Waals surface area contributed by atoms with Gasteiger partial charge in [-0.1, -0.05) is 25.4 Å². The van der Waals surface area contributed by atoms with Gasteiger partial charge in [-0.3, -0.25) is 4.79 Å². The molecule has 2 rings (SSSR count). The number of hydrogen-bond acceptors (Lipinski definition) is 4. The Kier molecular flexibility index (Phi) is 3.66. The fourth-order valence-electron chi connectivity index (χ4n) is 2.07. The third kappa shape index (κ3) is 2.38. The van der Waals surface area contributed by atoms with Crippen molar-refractivity contribution in [1.82, 2.24) is 0 Å². The van der Waals surface area contributed by atoms with Gasteiger partial charge >= 0.3 is 5.97 Å². The van der Waals surface area contributed by atoms with E-state index in [1.54, 1.807) is 0 Å². The lowest BCUT2D eigenvalue weighted by Gasteiger charge is -2.25. The summed E-state index contributed by atoms with van der Waals surface area (Å²) in [5.74, 6) is -1.84. The predicted octanol–water partition coefficient (Wildman–Crippen LogP) is 2.50. The second-order valence-corrected chi connectivity index (χ2v) is 4.87. The molecule has 1 aliphatic heterocycles. The van der Waals surface area contributed by atoms with E-state index in [9.17, 15) is 9.59 Å². The van der Waals surface area contributed by atoms with Crippen LogP contribution >= 0.6 is 11.6 Å². The van der Waals surface area contributed by atoms with E-state index in [1.165, 1.54) is 6.07 Å². The smallest absolute Gasteiger partial charge is 0.377 e. The number of benzene rings is 1. The number of carbonyl (C=O) groups excluding carboxylic acids is 1. The van der Waals surface area contributed by atoms with E-state index in [0.29, 0.717) is 30.3 Å². The molecule has 0 atom stereocenters. The third-order valence-corrected chi connectivity index (χ3v) is 3.12. The van der Waals surface area contributed by atoms with Crippen molar-refractivity contribution in [2.75, 3.05) is 13.2 Å². The fraction of sp³-hybridized carbons (Fsp3) is 0.385. The molecule has 102 valence electrons. The van der Waals surface area contributed by atoms with Crippen molar-refractivity contribution in [3.8, 4) is 11.5 Å². The van der Waals surface area contributed by atoms with Gasteiger partial charge in [-0.2, -0.15) is 0 Å². The zero-order valence-corrected chi connectivity index (χ0v) is 11.3. The number of halogens is 1. The summed E-state index contributed by atoms with van der Waals surface area (Å²) in [6.45, 7) is 4.42. The van der Waals surface area contributed by atoms with Gasteiger partial charge in [0, 0.05) is 11.6 Å². The van der Waals surface area contributed by atoms with Crippen LogP contribution in [-0.2, 0) is 4.79 Å². The Balaban J connectivity index is 2.71. The van der Waals surface area contributed by atoms with E-state index in [1.807, 2.05) is 13.8 Å². The molecule has 1 aliphatic rings. The number of fused-ring (bicyclic) bond motifs is 1. The van der Waals surface area contributed by atoms with Crippen molar-refractivity contribution >= 4 is 23.4 Å². The van der Waals surface area contributed by atoms with Crippen LogP contribution in [-0.4, -0.2) is 30.1 Å². The first-order valence-electron chi connectivity index (χ1n) is 5.83. The SMILES string of the molecule is CC(C)c1c2c(cc(Cl)c1C(=O)C(=O)O)OCCO2. The summed E-state index contributed by atoms with van der Waals surface area (Å²) < 4.78 is 10.9. The van der Waals surface area contributed by atoms with E-state index < -0.39 is 11.8 Å². The summed E-state index contributed by atoms with van der Waals surface area (Å²) in [5, 5.41) is 8.96. The molecule has 1 N–H and O–H groups in total. The zero-order chi connectivity index (χ0) is 14.2. The molecule has 19 heavy (non-hydrogen) atoms. The number of ketones is 1. The van der Waals surface area contributed by atoms with Crippen molar-refractivity contribution in [1.29, 1.82) is 0 Å². The van der Waals surface area contributed by atoms with E-state index in [0.717, 1.165) is 0 Å². The van der Waals surface area contributed by atoms with Crippen molar-refractivity contribution in [2.45, 2.75) is 19.8 Å². The Labute approximate surface area is 115 Å². The first-order valence-corrected chi connectivity index (χ1v) is 6.21. The molecule has 5 nitrogen and oxygen atoms in total. The van der Waals surface area contributed by atoms with Crippen LogP contribution in [0, 0.1) is 0 Å². The second kappa shape index (κ2) is 5.09. The summed E-state index contributed by atoms with van der Waals surface area (Å²) in [6, 6.07) is 1.43. The molecule has 0 saturated heterocycles. The Hall–Kier alpha value is -1.75. The monoisotopic (exact) mass is 284 g/mol. The maximum atomic E-state index is 11.8. The van der Waals surface area contributed by atoms with Crippen LogP contribution in [0.3, 0.4) is 0 Å². The Morgan fingerprint density at radius 2 is 1.95 bits per heavy atom. The van der Waals surface area contributed by atoms with Crippen LogP contribution in [0.15, 0.2) is 6.07 Å². The van der Waals surface area contributed by atoms with Gasteiger partial charge in [0.25, 0.3) is 5.78 Å². The summed E-state index contributed by atoms with van der Waals surface area (Å²) in [4.78, 5) is 22.7. The number of carbonyl (C=O) groups is 2. The molecule has 1 heterocycles. The molecule has 0 unspecified atom stereocenters. The van der Waals surface area contributed by atoms with Gasteiger partial charge in [-0.05, 0) is 5.92 Å². The number of carboxylic acids is 1. The number of rotatable bonds is 3. The van der Waals surface area contributed by atoms with Gasteiger partial charge < -0.3 is 14.6 Å². The van der Waals surface area contributed by atoms with Crippen LogP contribution in [0.4, 0.5) is 0 Å². The number of Topliss-reactive ketones (excluding diaryl/α,β-unsaturated/α-hetero) is 1. The summed E-state index contributed by atoms with van der Waals surface area (Å²) in [7, 11) is 0. The molecular weight excluding hydrogens is 272 g/mol. The molecule has 0 fully saturated rings. The normalized spacial score (nSPS) is 13.5. The summed E-state index contributed by atoms with van der Waals surface area (Å²) in [6.07, 6.45) is 0. The lowest BCUT2D eigenvalue weighted by molar-refractivity contribution is -0.131. The van der Waals surface area contributed by atoms with E-state index in [4.69, 9.17) is 26.2 Å². The van der Waals surface area contributed by atoms with Crippen LogP contribution < -0.4 is 9.47 Å². The first kappa shape index (κ1) is 13.7. The van der Waals surface area contributed by atoms with Crippen LogP contribution in [0.1, 0.15) is 35.7 Å². The fourth-order valence-corrected chi connectivity index (χ4v) is 2.35. The van der Waals surface area contributed by atoms with E-state index >= 15 is 0 Å². The van der Waals surface area contributed by atoms with Gasteiger partial charge in [-0.15, -0.1) is 0 Å². The molecule has 0 aliphatic carbocycles. The van der Waals surface area contributed by atoms with Gasteiger partial charge in [0.1, 0.15) is 13.2 Å². The Bertz CT molecular complexity index is 550. The standard InChI is InChI=1S/C13H13ClO5/c1-6(2)9-10(11(15)13(16)17)7(14)5-8-12(9)19-4-3-18-8/h5-6H,3-4H2,1-2H3,(H,16,17). The van der Waals surface area contributed by atoms with Crippen LogP contribution in [0.2, 0.25) is 5.02 Å². The minimum atomic E-state index is -1.54. The average Bonchev–Trinajstić information content (AvgIpc) is 2.35. The van der Waals surface area contributed by atoms with Crippen molar-refractivity contribution in [2.24, 2.45) is 0 Å². The predicted molar refractivity (Wildman–Crippen MR) is 68.5 cm³/mol. The van der Waals surface area contributed by atoms with Crippen LogP contribution in [0.5, 0.6) is 11.5 Å². The largest absolute Gasteiger partial charge is 0.486 e. The summed E-state index contributed by atoms with van der Waals surface area (Å²) >= 11 is 6.03. The maximum absolute atomic E-state index is 11.8. The van der Waals surface area contributed by atoms with Crippen LogP contribution in [0.25, 0.3) is 0 Å². The van der Waals surface area contributed by atoms with Gasteiger partial charge in [0.2, 0.25) is 0 Å². The Morgan fingerprint density at radius 3 is 2.53 bits per heavy atom. The lowest BCUT2D eigenvalue weighted by atomic mass is 9.92. The van der Waals surface area contributed by atoms with E-state index in [-0.39, 0.29) is 16.5 Å². The third-order valence-electron chi connectivity index (χ3n) is 2.82. The highest BCUT2D eigenvalue weighted by Gasteiger charge is 2.30. The minimum Gasteiger partial charge on any atom is -0.486 e. The zero-order valence-electron chi connectivity index (χ0n) is 10.5. The highest BCUT2D eigenvalue weighted by molar-refractivity contribution is 6.45. The van der Waals surface area contributed by atoms with Gasteiger partial charge in [-0.25, -0.2) is 4.79 Å². The molecule has 0 bridgehead atoms. The molecule has 1 aromatic carbocycles. The number of carboxylic acid groups (broad SMARTS) is 1. The quantitative estimate of drug-likeness (QED) is 0.682. The minimum absolute atomic E-state index is 0.0200. The molecular formula is C13H13ClO5. The molecule has 0 amide bonds. The molecule has 6 heteroatoms. The van der Waals surface area contributed by atoms with E-state index in [2.05, 4.69) is 0 Å². The number of ether oxygens (including phenoxy) is 2. The first-order chi connectivity index (χ1) is 8.93. The Morgan fingerprint density at radius 1 is 1.32 bits per heavy atom. The van der Waals surface area contributed by atoms with Gasteiger partial charge in [0.05, 0.1) is 10.6 Å². The highest BCUT2D eigenvalue weighted by atomic mass is 35.5. The average molecular weight is 285 g/mol. The van der Waals surface area contributed by atoms with Crippen molar-refractivity contribution < 1.29 is 24.2 Å². The topological polar surface area (TPSA) is 72.8 Å². The number of aliphatic carboxylic acids is 1. The maximum Gasteiger partial charge on any atom is 0.377 e. The number of hydrogen-bond donors (Lipinski definition) is 1. The van der Waals surface area contributed by atoms with Crippen molar-refractivity contribution in [3.63, 3.8) is 0 Å². The molecule has 0 aromatic heterocycles. The highest BCUT2D eigenvalue weighted by Crippen LogP contribution is 2.43. The molecule has 1 aromatic rings. The van der Waals surface area contributed by atoms with Crippen molar-refractivity contribution in [3.05, 3.63) is 22.2 Å².